The summed E-state index contributed by atoms with van der Waals surface area (Å²) in [5.41, 5.74) is 2.29. The van der Waals surface area contributed by atoms with Crippen LogP contribution in [0.4, 0.5) is 5.69 Å². The van der Waals surface area contributed by atoms with E-state index in [0.29, 0.717) is 0 Å². The van der Waals surface area contributed by atoms with E-state index in [-0.39, 0.29) is 0 Å². The number of benzene rings is 1. The highest BCUT2D eigenvalue weighted by Gasteiger charge is 2.04. The van der Waals surface area contributed by atoms with Crippen molar-refractivity contribution in [2.24, 2.45) is 0 Å². The summed E-state index contributed by atoms with van der Waals surface area (Å²) in [6, 6.07) is 6.15. The molecule has 76 valence electrons. The van der Waals surface area contributed by atoms with Gasteiger partial charge in [0.05, 0.1) is 12.8 Å². The number of hydrogen-bond donors (Lipinski definition) is 0. The summed E-state index contributed by atoms with van der Waals surface area (Å²) in [7, 11) is 5.71. The molecule has 0 aliphatic heterocycles. The molecule has 0 aliphatic rings. The Hall–Kier alpha value is -1.44. The smallest absolute Gasteiger partial charge is 0.142 e. The molecule has 14 heavy (non-hydrogen) atoms. The maximum Gasteiger partial charge on any atom is 0.142 e. The number of anilines is 1. The lowest BCUT2D eigenvalue weighted by Gasteiger charge is -2.16. The number of hydrogen-bond acceptors (Lipinski definition) is 2. The van der Waals surface area contributed by atoms with Crippen molar-refractivity contribution in [1.82, 2.24) is 0 Å². The van der Waals surface area contributed by atoms with Crippen molar-refractivity contribution < 1.29 is 4.74 Å². The largest absolute Gasteiger partial charge is 0.495 e. The molecule has 0 fully saturated rings. The van der Waals surface area contributed by atoms with Gasteiger partial charge in [-0.2, -0.15) is 0 Å². The molecule has 0 radical (unpaired) electrons. The molecule has 0 amide bonds. The Bertz CT molecular complexity index is 329. The van der Waals surface area contributed by atoms with E-state index in [1.165, 1.54) is 5.56 Å². The van der Waals surface area contributed by atoms with Crippen LogP contribution in [0, 0.1) is 0 Å². The molecule has 0 N–H and O–H groups in total. The third kappa shape index (κ3) is 2.28. The molecule has 0 spiro atoms. The average Bonchev–Trinajstić information content (AvgIpc) is 2.18. The lowest BCUT2D eigenvalue weighted by atomic mass is 10.1. The summed E-state index contributed by atoms with van der Waals surface area (Å²) in [5, 5.41) is 0. The topological polar surface area (TPSA) is 12.5 Å². The lowest BCUT2D eigenvalue weighted by molar-refractivity contribution is 0.415. The first-order valence-corrected chi connectivity index (χ1v) is 4.67. The fraction of sp³-hybridized carbons (Fsp3) is 0.333. The number of allylic oxidation sites excluding steroid dienone is 1. The fourth-order valence-corrected chi connectivity index (χ4v) is 1.35. The molecule has 0 atom stereocenters. The van der Waals surface area contributed by atoms with Gasteiger partial charge in [0.15, 0.2) is 0 Å². The molecule has 0 heterocycles. The van der Waals surface area contributed by atoms with Crippen molar-refractivity contribution in [1.29, 1.82) is 0 Å². The number of methoxy groups -OCH3 is 1. The quantitative estimate of drug-likeness (QED) is 0.728. The Balaban J connectivity index is 3.13. The normalized spacial score (nSPS) is 10.6. The molecule has 0 saturated carbocycles. The number of ether oxygens (including phenoxy) is 1. The van der Waals surface area contributed by atoms with Gasteiger partial charge in [-0.25, -0.2) is 0 Å². The van der Waals surface area contributed by atoms with Gasteiger partial charge < -0.3 is 9.64 Å². The average molecular weight is 191 g/mol. The highest BCUT2D eigenvalue weighted by molar-refractivity contribution is 5.64. The molecule has 0 bridgehead atoms. The zero-order chi connectivity index (χ0) is 10.6. The van der Waals surface area contributed by atoms with Crippen LogP contribution in [0.3, 0.4) is 0 Å². The lowest BCUT2D eigenvalue weighted by Crippen LogP contribution is -2.10. The zero-order valence-corrected chi connectivity index (χ0v) is 9.24. The van der Waals surface area contributed by atoms with E-state index in [0.717, 1.165) is 11.4 Å². The molecule has 2 heteroatoms. The second kappa shape index (κ2) is 4.70. The number of nitrogens with zero attached hydrogens (tertiary/aromatic N) is 1. The highest BCUT2D eigenvalue weighted by atomic mass is 16.5. The van der Waals surface area contributed by atoms with Gasteiger partial charge in [-0.1, -0.05) is 18.2 Å². The van der Waals surface area contributed by atoms with Crippen LogP contribution in [0.15, 0.2) is 24.3 Å². The van der Waals surface area contributed by atoms with Crippen LogP contribution in [0.25, 0.3) is 6.08 Å². The molecule has 1 aromatic carbocycles. The SMILES string of the molecule is C/C=C/c1ccc(OC)c(N(C)C)c1. The monoisotopic (exact) mass is 191 g/mol. The molecule has 0 aliphatic carbocycles. The Labute approximate surface area is 85.8 Å². The minimum atomic E-state index is 0.906. The van der Waals surface area contributed by atoms with Gasteiger partial charge >= 0.3 is 0 Å². The van der Waals surface area contributed by atoms with Crippen molar-refractivity contribution >= 4 is 11.8 Å². The van der Waals surface area contributed by atoms with Gasteiger partial charge in [-0.3, -0.25) is 0 Å². The predicted molar refractivity (Wildman–Crippen MR) is 62.0 cm³/mol. The van der Waals surface area contributed by atoms with E-state index in [1.807, 2.05) is 44.1 Å². The second-order valence-electron chi connectivity index (χ2n) is 3.33. The van der Waals surface area contributed by atoms with Crippen molar-refractivity contribution in [3.05, 3.63) is 29.8 Å². The van der Waals surface area contributed by atoms with Gasteiger partial charge in [0.25, 0.3) is 0 Å². The highest BCUT2D eigenvalue weighted by Crippen LogP contribution is 2.27. The third-order valence-electron chi connectivity index (χ3n) is 2.04. The zero-order valence-electron chi connectivity index (χ0n) is 9.24. The van der Waals surface area contributed by atoms with Crippen LogP contribution in [0.1, 0.15) is 12.5 Å². The first-order chi connectivity index (χ1) is 6.69. The third-order valence-corrected chi connectivity index (χ3v) is 2.04. The predicted octanol–water partition coefficient (Wildman–Crippen LogP) is 2.79. The Kier molecular flexibility index (Phi) is 3.57. The van der Waals surface area contributed by atoms with E-state index >= 15 is 0 Å². The molecular formula is C12H17NO. The van der Waals surface area contributed by atoms with E-state index in [2.05, 4.69) is 12.1 Å². The maximum absolute atomic E-state index is 5.27. The standard InChI is InChI=1S/C12H17NO/c1-5-6-10-7-8-12(14-4)11(9-10)13(2)3/h5-9H,1-4H3/b6-5+. The summed E-state index contributed by atoms with van der Waals surface area (Å²) < 4.78 is 5.27. The second-order valence-corrected chi connectivity index (χ2v) is 3.33. The van der Waals surface area contributed by atoms with Gasteiger partial charge in [-0.05, 0) is 24.6 Å². The molecule has 0 unspecified atom stereocenters. The summed E-state index contributed by atoms with van der Waals surface area (Å²) in [5.74, 6) is 0.906. The molecule has 1 aromatic rings. The van der Waals surface area contributed by atoms with Crippen molar-refractivity contribution in [3.63, 3.8) is 0 Å². The van der Waals surface area contributed by atoms with Gasteiger partial charge in [-0.15, -0.1) is 0 Å². The van der Waals surface area contributed by atoms with Crippen LogP contribution in [-0.4, -0.2) is 21.2 Å². The van der Waals surface area contributed by atoms with Gasteiger partial charge in [0, 0.05) is 14.1 Å². The molecule has 0 saturated heterocycles. The maximum atomic E-state index is 5.27. The fourth-order valence-electron chi connectivity index (χ4n) is 1.35. The molecular weight excluding hydrogens is 174 g/mol. The minimum Gasteiger partial charge on any atom is -0.495 e. The molecule has 2 nitrogen and oxygen atoms in total. The van der Waals surface area contributed by atoms with Crippen LogP contribution in [-0.2, 0) is 0 Å². The Morgan fingerprint density at radius 1 is 1.29 bits per heavy atom. The summed E-state index contributed by atoms with van der Waals surface area (Å²) in [4.78, 5) is 2.05. The van der Waals surface area contributed by atoms with Crippen LogP contribution < -0.4 is 9.64 Å². The van der Waals surface area contributed by atoms with E-state index < -0.39 is 0 Å². The van der Waals surface area contributed by atoms with Crippen LogP contribution in [0.5, 0.6) is 5.75 Å². The first-order valence-electron chi connectivity index (χ1n) is 4.67. The van der Waals surface area contributed by atoms with E-state index in [9.17, 15) is 0 Å². The summed E-state index contributed by atoms with van der Waals surface area (Å²) in [6.45, 7) is 2.01. The van der Waals surface area contributed by atoms with Gasteiger partial charge in [0.1, 0.15) is 5.75 Å². The van der Waals surface area contributed by atoms with Crippen LogP contribution in [0.2, 0.25) is 0 Å². The van der Waals surface area contributed by atoms with Gasteiger partial charge in [0.2, 0.25) is 0 Å². The van der Waals surface area contributed by atoms with Crippen molar-refractivity contribution in [3.8, 4) is 5.75 Å². The molecule has 1 rings (SSSR count). The van der Waals surface area contributed by atoms with Crippen LogP contribution >= 0.6 is 0 Å². The van der Waals surface area contributed by atoms with Crippen molar-refractivity contribution in [2.45, 2.75) is 6.92 Å². The van der Waals surface area contributed by atoms with E-state index in [1.54, 1.807) is 7.11 Å². The number of rotatable bonds is 3. The minimum absolute atomic E-state index is 0.906. The summed E-state index contributed by atoms with van der Waals surface area (Å²) >= 11 is 0. The Morgan fingerprint density at radius 3 is 2.50 bits per heavy atom. The van der Waals surface area contributed by atoms with Crippen molar-refractivity contribution in [2.75, 3.05) is 26.1 Å². The first kappa shape index (κ1) is 10.6. The molecule has 0 aromatic heterocycles. The Morgan fingerprint density at radius 2 is 2.00 bits per heavy atom. The summed E-state index contributed by atoms with van der Waals surface area (Å²) in [6.07, 6.45) is 4.10. The van der Waals surface area contributed by atoms with E-state index in [4.69, 9.17) is 4.74 Å².